The van der Waals surface area contributed by atoms with Gasteiger partial charge in [-0.1, -0.05) is 239 Å². The molecule has 3 nitrogen and oxygen atoms in total. The molecule has 0 saturated carbocycles. The monoisotopic (exact) mass is 1100 g/mol. The molecule has 0 atom stereocenters. The Morgan fingerprint density at radius 3 is 0.843 bits per heavy atom. The zero-order chi connectivity index (χ0) is 60.7. The van der Waals surface area contributed by atoms with Gasteiger partial charge in [0.1, 0.15) is 0 Å². The van der Waals surface area contributed by atoms with E-state index in [0.717, 1.165) is 39.5 Å². The van der Waals surface area contributed by atoms with Crippen LogP contribution in [-0.4, -0.2) is 11.7 Å². The number of fused-ring (bicyclic) bond motifs is 4. The summed E-state index contributed by atoms with van der Waals surface area (Å²) in [5.41, 5.74) is 27.7. The van der Waals surface area contributed by atoms with E-state index in [1.807, 2.05) is 0 Å². The molecular weight excluding hydrogens is 1000 g/mol. The minimum absolute atomic E-state index is 0.00385. The Bertz CT molecular complexity index is 3490. The van der Waals surface area contributed by atoms with Gasteiger partial charge in [-0.2, -0.15) is 0 Å². The standard InChI is InChI=1S/C79H96BN3/c1-72(2,3)53-25-31-61(32-26-53)82-67-35-29-55(74(7,8)9)47-63(67)80-64-48-56(75(10,11)12)30-36-68(64)83(62-33-27-54(28-34-62)73(4,5)6)70-44-52(43-69(82)71(70)80)66-42-50(49-37-57(76(13,14)15)45-58(38-49)77(16,17)18)41-65(81-66)51-39-59(78(19,20)21)46-60(40-51)79(22,23)24/h25-48H,1-24H3. The van der Waals surface area contributed by atoms with Crippen LogP contribution in [0.4, 0.5) is 34.1 Å². The quantitative estimate of drug-likeness (QED) is 0.160. The van der Waals surface area contributed by atoms with Gasteiger partial charge in [0.15, 0.2) is 0 Å². The summed E-state index contributed by atoms with van der Waals surface area (Å²) in [5.74, 6) is 0. The molecule has 0 bridgehead atoms. The first-order valence-corrected chi connectivity index (χ1v) is 30.8. The molecule has 7 aromatic carbocycles. The highest BCUT2D eigenvalue weighted by Gasteiger charge is 2.45. The van der Waals surface area contributed by atoms with Crippen LogP contribution in [0.2, 0.25) is 0 Å². The predicted octanol–water partition coefficient (Wildman–Crippen LogP) is 20.5. The molecule has 3 heterocycles. The van der Waals surface area contributed by atoms with Gasteiger partial charge in [-0.3, -0.25) is 0 Å². The van der Waals surface area contributed by atoms with Crippen LogP contribution < -0.4 is 26.2 Å². The van der Waals surface area contributed by atoms with Crippen LogP contribution in [0.25, 0.3) is 33.6 Å². The van der Waals surface area contributed by atoms with Crippen LogP contribution in [0.15, 0.2) is 146 Å². The summed E-state index contributed by atoms with van der Waals surface area (Å²) < 4.78 is 0. The molecule has 430 valence electrons. The fourth-order valence-corrected chi connectivity index (χ4v) is 12.2. The molecule has 0 saturated heterocycles. The average molecular weight is 1100 g/mol. The van der Waals surface area contributed by atoms with Crippen molar-refractivity contribution in [1.29, 1.82) is 0 Å². The van der Waals surface area contributed by atoms with E-state index in [0.29, 0.717) is 0 Å². The Morgan fingerprint density at radius 2 is 0.530 bits per heavy atom. The summed E-state index contributed by atoms with van der Waals surface area (Å²) in [7, 11) is 0. The Kier molecular flexibility index (Phi) is 14.3. The van der Waals surface area contributed by atoms with E-state index in [1.165, 1.54) is 89.2 Å². The molecular formula is C79H96BN3. The van der Waals surface area contributed by atoms with Crippen molar-refractivity contribution >= 4 is 57.2 Å². The lowest BCUT2D eigenvalue weighted by molar-refractivity contribution is 0.568. The lowest BCUT2D eigenvalue weighted by Crippen LogP contribution is -2.61. The molecule has 83 heavy (non-hydrogen) atoms. The number of aromatic nitrogens is 1. The van der Waals surface area contributed by atoms with E-state index in [1.54, 1.807) is 0 Å². The molecule has 2 aliphatic rings. The topological polar surface area (TPSA) is 19.4 Å². The summed E-state index contributed by atoms with van der Waals surface area (Å²) in [4.78, 5) is 11.1. The highest BCUT2D eigenvalue weighted by molar-refractivity contribution is 7.00. The molecule has 1 aromatic heterocycles. The zero-order valence-electron chi connectivity index (χ0n) is 55.3. The fourth-order valence-electron chi connectivity index (χ4n) is 12.2. The Labute approximate surface area is 502 Å². The molecule has 4 heteroatoms. The predicted molar refractivity (Wildman–Crippen MR) is 364 cm³/mol. The number of anilines is 6. The number of rotatable bonds is 5. The van der Waals surface area contributed by atoms with Crippen molar-refractivity contribution < 1.29 is 0 Å². The van der Waals surface area contributed by atoms with Crippen LogP contribution in [-0.2, 0) is 43.3 Å². The molecule has 10 rings (SSSR count). The smallest absolute Gasteiger partial charge is 0.252 e. The van der Waals surface area contributed by atoms with Crippen LogP contribution in [0.1, 0.15) is 211 Å². The third kappa shape index (κ3) is 11.6. The molecule has 0 amide bonds. The van der Waals surface area contributed by atoms with Gasteiger partial charge in [0.25, 0.3) is 6.71 Å². The second kappa shape index (κ2) is 20.0. The van der Waals surface area contributed by atoms with Gasteiger partial charge in [-0.25, -0.2) is 4.98 Å². The van der Waals surface area contributed by atoms with Crippen molar-refractivity contribution in [3.05, 3.63) is 190 Å². The van der Waals surface area contributed by atoms with Gasteiger partial charge in [0.05, 0.1) is 11.4 Å². The third-order valence-corrected chi connectivity index (χ3v) is 17.9. The SMILES string of the molecule is CC(C)(C)c1ccc(N2c3ccc(C(C)(C)C)cc3B3c4cc(C(C)(C)C)ccc4N(c4ccc(C(C)(C)C)cc4)c4cc(-c5cc(-c6cc(C(C)(C)C)cc(C(C)(C)C)c6)cc(-c6cc(C(C)(C)C)cc(C(C)(C)C)c6)n5)cc2c43)cc1. The first-order valence-electron chi connectivity index (χ1n) is 30.8. The molecule has 8 aromatic rings. The van der Waals surface area contributed by atoms with Gasteiger partial charge in [0, 0.05) is 45.3 Å². The molecule has 0 aliphatic carbocycles. The normalized spacial score (nSPS) is 14.2. The van der Waals surface area contributed by atoms with E-state index in [2.05, 4.69) is 322 Å². The highest BCUT2D eigenvalue weighted by atomic mass is 15.2. The minimum Gasteiger partial charge on any atom is -0.311 e. The second-order valence-electron chi connectivity index (χ2n) is 32.9. The molecule has 0 N–H and O–H groups in total. The van der Waals surface area contributed by atoms with Gasteiger partial charge in [-0.15, -0.1) is 0 Å². The molecule has 0 fully saturated rings. The Hall–Kier alpha value is -6.65. The van der Waals surface area contributed by atoms with E-state index in [9.17, 15) is 0 Å². The van der Waals surface area contributed by atoms with Crippen molar-refractivity contribution in [2.75, 3.05) is 9.80 Å². The van der Waals surface area contributed by atoms with Crippen molar-refractivity contribution in [3.63, 3.8) is 0 Å². The second-order valence-corrected chi connectivity index (χ2v) is 32.9. The number of pyridine rings is 1. The van der Waals surface area contributed by atoms with Crippen LogP contribution in [0, 0.1) is 0 Å². The summed E-state index contributed by atoms with van der Waals surface area (Å²) in [5, 5.41) is 0. The first kappa shape index (κ1) is 59.5. The van der Waals surface area contributed by atoms with Crippen LogP contribution in [0.5, 0.6) is 0 Å². The highest BCUT2D eigenvalue weighted by Crippen LogP contribution is 2.49. The molecule has 0 radical (unpaired) electrons. The van der Waals surface area contributed by atoms with E-state index in [4.69, 9.17) is 4.98 Å². The summed E-state index contributed by atoms with van der Waals surface area (Å²) in [6, 6.07) is 57.9. The molecule has 0 unspecified atom stereocenters. The summed E-state index contributed by atoms with van der Waals surface area (Å²) in [6.45, 7) is 56.0. The van der Waals surface area contributed by atoms with E-state index in [-0.39, 0.29) is 50.0 Å². The maximum Gasteiger partial charge on any atom is 0.252 e. The van der Waals surface area contributed by atoms with Crippen molar-refractivity contribution in [2.24, 2.45) is 0 Å². The lowest BCUT2D eigenvalue weighted by Gasteiger charge is -2.45. The Morgan fingerprint density at radius 1 is 0.253 bits per heavy atom. The number of hydrogen-bond acceptors (Lipinski definition) is 3. The largest absolute Gasteiger partial charge is 0.311 e. The third-order valence-electron chi connectivity index (χ3n) is 17.9. The molecule has 2 aliphatic heterocycles. The first-order chi connectivity index (χ1) is 38.2. The van der Waals surface area contributed by atoms with Crippen molar-refractivity contribution in [1.82, 2.24) is 4.98 Å². The number of benzene rings is 7. The number of nitrogens with zero attached hydrogens (tertiary/aromatic N) is 3. The maximum absolute atomic E-state index is 5.95. The minimum atomic E-state index is -0.0756. The lowest BCUT2D eigenvalue weighted by atomic mass is 9.33. The zero-order valence-corrected chi connectivity index (χ0v) is 55.3. The van der Waals surface area contributed by atoms with Gasteiger partial charge >= 0.3 is 0 Å². The van der Waals surface area contributed by atoms with Crippen molar-refractivity contribution in [3.8, 4) is 33.6 Å². The van der Waals surface area contributed by atoms with Crippen LogP contribution >= 0.6 is 0 Å². The summed E-state index contributed by atoms with van der Waals surface area (Å²) in [6.07, 6.45) is 0. The Balaban J connectivity index is 1.37. The van der Waals surface area contributed by atoms with E-state index >= 15 is 0 Å². The van der Waals surface area contributed by atoms with Crippen molar-refractivity contribution in [2.45, 2.75) is 209 Å². The van der Waals surface area contributed by atoms with Crippen LogP contribution in [0.3, 0.4) is 0 Å². The van der Waals surface area contributed by atoms with Gasteiger partial charge in [0.2, 0.25) is 0 Å². The van der Waals surface area contributed by atoms with Gasteiger partial charge in [-0.05, 0) is 188 Å². The average Bonchev–Trinajstić information content (AvgIpc) is 0.821. The van der Waals surface area contributed by atoms with Gasteiger partial charge < -0.3 is 9.80 Å². The fraction of sp³-hybridized carbons (Fsp3) is 0.405. The summed E-state index contributed by atoms with van der Waals surface area (Å²) >= 11 is 0. The van der Waals surface area contributed by atoms with E-state index < -0.39 is 0 Å². The number of hydrogen-bond donors (Lipinski definition) is 0. The molecule has 0 spiro atoms. The maximum atomic E-state index is 5.95.